The average molecular weight is 361 g/mol. The maximum atomic E-state index is 12.9. The Morgan fingerprint density at radius 3 is 2.75 bits per heavy atom. The van der Waals surface area contributed by atoms with E-state index in [2.05, 4.69) is 15.9 Å². The third-order valence-corrected chi connectivity index (χ3v) is 6.37. The van der Waals surface area contributed by atoms with E-state index in [1.165, 1.54) is 0 Å². The van der Waals surface area contributed by atoms with Crippen molar-refractivity contribution in [3.05, 3.63) is 22.7 Å². The van der Waals surface area contributed by atoms with Crippen molar-refractivity contribution in [1.82, 2.24) is 4.31 Å². The van der Waals surface area contributed by atoms with Gasteiger partial charge in [-0.2, -0.15) is 4.31 Å². The molecule has 0 aromatic heterocycles. The van der Waals surface area contributed by atoms with Crippen molar-refractivity contribution < 1.29 is 8.42 Å². The van der Waals surface area contributed by atoms with Crippen LogP contribution in [0.5, 0.6) is 0 Å². The molecular weight excluding hydrogens is 340 g/mol. The van der Waals surface area contributed by atoms with E-state index in [1.54, 1.807) is 22.5 Å². The summed E-state index contributed by atoms with van der Waals surface area (Å²) in [4.78, 5) is 0.223. The van der Waals surface area contributed by atoms with Crippen LogP contribution in [0.3, 0.4) is 0 Å². The number of hydrogen-bond acceptors (Lipinski definition) is 3. The minimum absolute atomic E-state index is 0.0885. The molecule has 0 aliphatic carbocycles. The molecule has 0 saturated carbocycles. The molecule has 4 nitrogen and oxygen atoms in total. The smallest absolute Gasteiger partial charge is 0.245 e. The Hall–Kier alpha value is -0.590. The number of hydrogen-bond donors (Lipinski definition) is 1. The van der Waals surface area contributed by atoms with Gasteiger partial charge >= 0.3 is 0 Å². The molecule has 1 unspecified atom stereocenters. The first-order valence-electron chi connectivity index (χ1n) is 7.03. The van der Waals surface area contributed by atoms with Gasteiger partial charge in [0.05, 0.1) is 5.69 Å². The van der Waals surface area contributed by atoms with Gasteiger partial charge in [-0.15, -0.1) is 0 Å². The van der Waals surface area contributed by atoms with E-state index < -0.39 is 10.0 Å². The van der Waals surface area contributed by atoms with Crippen LogP contribution in [0.15, 0.2) is 27.6 Å². The number of rotatable bonds is 3. The lowest BCUT2D eigenvalue weighted by Gasteiger charge is -2.28. The summed E-state index contributed by atoms with van der Waals surface area (Å²) in [6.45, 7) is 2.64. The SMILES string of the molecule is CCC1CCCCCN1S(=O)(=O)c1ccc(Br)cc1N. The lowest BCUT2D eigenvalue weighted by molar-refractivity contribution is 0.315. The lowest BCUT2D eigenvalue weighted by atomic mass is 10.1. The Morgan fingerprint density at radius 2 is 2.10 bits per heavy atom. The highest BCUT2D eigenvalue weighted by molar-refractivity contribution is 9.10. The Bertz CT molecular complexity index is 575. The predicted octanol–water partition coefficient (Wildman–Crippen LogP) is 3.37. The second-order valence-electron chi connectivity index (χ2n) is 5.21. The van der Waals surface area contributed by atoms with Crippen molar-refractivity contribution in [1.29, 1.82) is 0 Å². The topological polar surface area (TPSA) is 63.4 Å². The maximum Gasteiger partial charge on any atom is 0.245 e. The molecule has 1 aliphatic heterocycles. The monoisotopic (exact) mass is 360 g/mol. The molecule has 1 aromatic carbocycles. The molecule has 1 saturated heterocycles. The molecule has 0 spiro atoms. The van der Waals surface area contributed by atoms with Crippen LogP contribution >= 0.6 is 15.9 Å². The van der Waals surface area contributed by atoms with Crippen LogP contribution in [0, 0.1) is 0 Å². The second-order valence-corrected chi connectivity index (χ2v) is 7.98. The lowest BCUT2D eigenvalue weighted by Crippen LogP contribution is -2.39. The van der Waals surface area contributed by atoms with E-state index >= 15 is 0 Å². The van der Waals surface area contributed by atoms with Crippen molar-refractivity contribution in [2.75, 3.05) is 12.3 Å². The van der Waals surface area contributed by atoms with Crippen molar-refractivity contribution in [3.8, 4) is 0 Å². The van der Waals surface area contributed by atoms with Crippen molar-refractivity contribution >= 4 is 31.6 Å². The molecule has 1 atom stereocenters. The minimum Gasteiger partial charge on any atom is -0.398 e. The van der Waals surface area contributed by atoms with Gasteiger partial charge in [0.1, 0.15) is 4.90 Å². The molecule has 2 N–H and O–H groups in total. The van der Waals surface area contributed by atoms with Crippen LogP contribution in [0.4, 0.5) is 5.69 Å². The molecular formula is C14H21BrN2O2S. The number of anilines is 1. The first-order valence-corrected chi connectivity index (χ1v) is 9.27. The van der Waals surface area contributed by atoms with Gasteiger partial charge in [0.25, 0.3) is 0 Å². The molecule has 1 heterocycles. The minimum atomic E-state index is -3.51. The van der Waals surface area contributed by atoms with Gasteiger partial charge in [-0.25, -0.2) is 8.42 Å². The Kier molecular flexibility index (Phi) is 5.09. The van der Waals surface area contributed by atoms with E-state index in [-0.39, 0.29) is 10.9 Å². The fourth-order valence-electron chi connectivity index (χ4n) is 2.76. The van der Waals surface area contributed by atoms with Gasteiger partial charge in [0.2, 0.25) is 10.0 Å². The van der Waals surface area contributed by atoms with Gasteiger partial charge < -0.3 is 5.73 Å². The second kappa shape index (κ2) is 6.45. The third-order valence-electron chi connectivity index (χ3n) is 3.85. The molecule has 1 aliphatic rings. The number of nitrogens with zero attached hydrogens (tertiary/aromatic N) is 1. The number of sulfonamides is 1. The van der Waals surface area contributed by atoms with E-state index in [4.69, 9.17) is 5.73 Å². The zero-order valence-electron chi connectivity index (χ0n) is 11.7. The summed E-state index contributed by atoms with van der Waals surface area (Å²) < 4.78 is 28.2. The fourth-order valence-corrected chi connectivity index (χ4v) is 5.00. The fraction of sp³-hybridized carbons (Fsp3) is 0.571. The number of nitrogens with two attached hydrogens (primary N) is 1. The van der Waals surface area contributed by atoms with Crippen LogP contribution in [0.25, 0.3) is 0 Å². The van der Waals surface area contributed by atoms with Crippen LogP contribution in [-0.4, -0.2) is 25.3 Å². The molecule has 112 valence electrons. The van der Waals surface area contributed by atoms with E-state index in [1.807, 2.05) is 6.92 Å². The van der Waals surface area contributed by atoms with Crippen LogP contribution in [0.1, 0.15) is 39.0 Å². The molecule has 6 heteroatoms. The summed E-state index contributed by atoms with van der Waals surface area (Å²) >= 11 is 3.31. The Labute approximate surface area is 129 Å². The van der Waals surface area contributed by atoms with Gasteiger partial charge in [-0.1, -0.05) is 35.7 Å². The van der Waals surface area contributed by atoms with E-state index in [0.29, 0.717) is 12.2 Å². The predicted molar refractivity (Wildman–Crippen MR) is 85.0 cm³/mol. The summed E-state index contributed by atoms with van der Waals surface area (Å²) in [6, 6.07) is 5.05. The van der Waals surface area contributed by atoms with Crippen molar-refractivity contribution in [2.24, 2.45) is 0 Å². The number of benzene rings is 1. The summed E-state index contributed by atoms with van der Waals surface area (Å²) in [7, 11) is -3.51. The molecule has 20 heavy (non-hydrogen) atoms. The van der Waals surface area contributed by atoms with Crippen molar-refractivity contribution in [2.45, 2.75) is 50.0 Å². The highest BCUT2D eigenvalue weighted by Crippen LogP contribution is 2.30. The zero-order chi connectivity index (χ0) is 14.8. The number of halogens is 1. The van der Waals surface area contributed by atoms with Crippen LogP contribution < -0.4 is 5.73 Å². The molecule has 1 aromatic rings. The average Bonchev–Trinajstić information content (AvgIpc) is 2.63. The highest BCUT2D eigenvalue weighted by Gasteiger charge is 2.32. The Balaban J connectivity index is 2.41. The molecule has 1 fully saturated rings. The molecule has 0 amide bonds. The molecule has 0 bridgehead atoms. The first-order chi connectivity index (χ1) is 9.46. The largest absolute Gasteiger partial charge is 0.398 e. The summed E-state index contributed by atoms with van der Waals surface area (Å²) in [6.07, 6.45) is 4.90. The van der Waals surface area contributed by atoms with Crippen LogP contribution in [-0.2, 0) is 10.0 Å². The van der Waals surface area contributed by atoms with Gasteiger partial charge in [0, 0.05) is 17.1 Å². The first kappa shape index (κ1) is 15.8. The third kappa shape index (κ3) is 3.18. The van der Waals surface area contributed by atoms with E-state index in [9.17, 15) is 8.42 Å². The molecule has 2 rings (SSSR count). The Morgan fingerprint density at radius 1 is 1.35 bits per heavy atom. The summed E-state index contributed by atoms with van der Waals surface area (Å²) in [5, 5.41) is 0. The maximum absolute atomic E-state index is 12.9. The van der Waals surface area contributed by atoms with Crippen LogP contribution in [0.2, 0.25) is 0 Å². The van der Waals surface area contributed by atoms with Gasteiger partial charge in [0.15, 0.2) is 0 Å². The standard InChI is InChI=1S/C14H21BrN2O2S/c1-2-12-6-4-3-5-9-17(12)20(18,19)14-8-7-11(15)10-13(14)16/h7-8,10,12H,2-6,9,16H2,1H3. The quantitative estimate of drug-likeness (QED) is 0.840. The summed E-state index contributed by atoms with van der Waals surface area (Å²) in [5.41, 5.74) is 6.21. The highest BCUT2D eigenvalue weighted by atomic mass is 79.9. The normalized spacial score (nSPS) is 21.6. The van der Waals surface area contributed by atoms with Gasteiger partial charge in [-0.05, 0) is 37.5 Å². The van der Waals surface area contributed by atoms with Gasteiger partial charge in [-0.3, -0.25) is 0 Å². The molecule has 0 radical (unpaired) electrons. The summed E-state index contributed by atoms with van der Waals surface area (Å²) in [5.74, 6) is 0. The van der Waals surface area contributed by atoms with Crippen molar-refractivity contribution in [3.63, 3.8) is 0 Å². The zero-order valence-corrected chi connectivity index (χ0v) is 14.1. The van der Waals surface area contributed by atoms with E-state index in [0.717, 1.165) is 36.6 Å². The number of nitrogen functional groups attached to an aromatic ring is 1.